The number of nitrogens with two attached hydrogens (primary N) is 1. The summed E-state index contributed by atoms with van der Waals surface area (Å²) in [7, 11) is -4.16. The molecule has 0 aromatic heterocycles. The largest absolute Gasteiger partial charge is 0.401 e. The zero-order valence-corrected chi connectivity index (χ0v) is 19.1. The van der Waals surface area contributed by atoms with Crippen LogP contribution in [0.2, 0.25) is 0 Å². The molecule has 0 unspecified atom stereocenters. The Hall–Kier alpha value is -2.22. The smallest absolute Gasteiger partial charge is 0.339 e. The Morgan fingerprint density at radius 2 is 1.85 bits per heavy atom. The summed E-state index contributed by atoms with van der Waals surface area (Å²) >= 11 is 0. The number of rotatable bonds is 7. The Balaban J connectivity index is 1.71. The van der Waals surface area contributed by atoms with E-state index in [0.717, 1.165) is 0 Å². The zero-order valence-electron chi connectivity index (χ0n) is 18.3. The highest BCUT2D eigenvalue weighted by molar-refractivity contribution is 7.89. The molecule has 0 bridgehead atoms. The fourth-order valence-electron chi connectivity index (χ4n) is 4.14. The summed E-state index contributed by atoms with van der Waals surface area (Å²) in [5.74, 6) is -0.670. The first-order chi connectivity index (χ1) is 15.4. The number of hydrogen-bond donors (Lipinski definition) is 2. The number of alkyl halides is 3. The van der Waals surface area contributed by atoms with Crippen molar-refractivity contribution in [3.63, 3.8) is 0 Å². The quantitative estimate of drug-likeness (QED) is 0.572. The van der Waals surface area contributed by atoms with E-state index in [-0.39, 0.29) is 43.5 Å². The minimum Gasteiger partial charge on any atom is -0.339 e. The molecule has 13 heteroatoms. The Kier molecular flexibility index (Phi) is 7.66. The van der Waals surface area contributed by atoms with Crippen molar-refractivity contribution in [2.45, 2.75) is 36.9 Å². The number of anilines is 1. The molecule has 2 aliphatic heterocycles. The van der Waals surface area contributed by atoms with Crippen LogP contribution in [0.15, 0.2) is 23.1 Å². The molecule has 184 valence electrons. The van der Waals surface area contributed by atoms with Gasteiger partial charge >= 0.3 is 6.18 Å². The maximum atomic E-state index is 13.1. The average Bonchev–Trinajstić information content (AvgIpc) is 3.16. The lowest BCUT2D eigenvalue weighted by molar-refractivity contribution is -0.152. The molecule has 2 fully saturated rings. The second-order valence-corrected chi connectivity index (χ2v) is 9.86. The van der Waals surface area contributed by atoms with Gasteiger partial charge in [-0.15, -0.1) is 0 Å². The van der Waals surface area contributed by atoms with Gasteiger partial charge in [-0.1, -0.05) is 6.07 Å². The first-order valence-electron chi connectivity index (χ1n) is 10.6. The maximum absolute atomic E-state index is 13.1. The molecule has 0 spiro atoms. The lowest BCUT2D eigenvalue weighted by Gasteiger charge is -2.36. The molecular formula is C20H28F3N5O4S. The Bertz CT molecular complexity index is 994. The summed E-state index contributed by atoms with van der Waals surface area (Å²) in [5.41, 5.74) is 6.55. The van der Waals surface area contributed by atoms with Crippen molar-refractivity contribution in [3.05, 3.63) is 23.8 Å². The first kappa shape index (κ1) is 25.4. The molecule has 0 radical (unpaired) electrons. The van der Waals surface area contributed by atoms with Gasteiger partial charge in [-0.05, 0) is 31.0 Å². The average molecular weight is 492 g/mol. The highest BCUT2D eigenvalue weighted by Crippen LogP contribution is 2.29. The van der Waals surface area contributed by atoms with Crippen molar-refractivity contribution in [1.82, 2.24) is 14.5 Å². The highest BCUT2D eigenvalue weighted by atomic mass is 32.2. The minimum atomic E-state index is -4.33. The fraction of sp³-hybridized carbons (Fsp3) is 0.600. The number of hydrogen-bond acceptors (Lipinski definition) is 6. The van der Waals surface area contributed by atoms with E-state index in [1.807, 2.05) is 0 Å². The lowest BCUT2D eigenvalue weighted by atomic mass is 10.2. The summed E-state index contributed by atoms with van der Waals surface area (Å²) in [5, 5.41) is 0. The molecule has 0 aliphatic carbocycles. The van der Waals surface area contributed by atoms with Gasteiger partial charge in [0.1, 0.15) is 6.04 Å². The van der Waals surface area contributed by atoms with Gasteiger partial charge in [0.05, 0.1) is 11.4 Å². The van der Waals surface area contributed by atoms with Crippen LogP contribution in [0.25, 0.3) is 0 Å². The summed E-state index contributed by atoms with van der Waals surface area (Å²) in [6.07, 6.45) is -3.24. The second kappa shape index (κ2) is 9.95. The third-order valence-corrected chi connectivity index (χ3v) is 7.44. The van der Waals surface area contributed by atoms with Gasteiger partial charge in [0, 0.05) is 51.4 Å². The van der Waals surface area contributed by atoms with Crippen molar-refractivity contribution in [2.24, 2.45) is 5.73 Å². The lowest BCUT2D eigenvalue weighted by Crippen LogP contribution is -2.57. The summed E-state index contributed by atoms with van der Waals surface area (Å²) < 4.78 is 66.2. The van der Waals surface area contributed by atoms with Crippen LogP contribution in [0.5, 0.6) is 0 Å². The van der Waals surface area contributed by atoms with E-state index in [9.17, 15) is 31.2 Å². The van der Waals surface area contributed by atoms with E-state index in [1.165, 1.54) is 21.9 Å². The van der Waals surface area contributed by atoms with Crippen molar-refractivity contribution < 1.29 is 31.2 Å². The van der Waals surface area contributed by atoms with E-state index in [0.29, 0.717) is 30.6 Å². The first-order valence-corrected chi connectivity index (χ1v) is 12.1. The van der Waals surface area contributed by atoms with E-state index >= 15 is 0 Å². The number of sulfonamides is 1. The maximum Gasteiger partial charge on any atom is 0.401 e. The summed E-state index contributed by atoms with van der Waals surface area (Å²) in [4.78, 5) is 29.0. The Labute approximate surface area is 190 Å². The third-order valence-electron chi connectivity index (χ3n) is 5.83. The number of amides is 2. The molecule has 33 heavy (non-hydrogen) atoms. The molecule has 1 aromatic rings. The second-order valence-electron chi connectivity index (χ2n) is 8.18. The molecule has 1 aromatic carbocycles. The number of nitrogens with one attached hydrogen (secondary N) is 1. The van der Waals surface area contributed by atoms with Gasteiger partial charge in [-0.3, -0.25) is 14.5 Å². The number of benzene rings is 1. The number of piperazine rings is 1. The van der Waals surface area contributed by atoms with Crippen molar-refractivity contribution in [3.8, 4) is 0 Å². The molecule has 3 N–H and O–H groups in total. The van der Waals surface area contributed by atoms with Crippen molar-refractivity contribution in [1.29, 1.82) is 0 Å². The molecule has 2 amide bonds. The SMILES string of the molecule is Cc1c(N2CCCC2=O)cccc1S(=O)(=O)N[C@@H](CN)C(=O)N1CCN(CC(F)(F)F)CC1. The zero-order chi connectivity index (χ0) is 24.4. The predicted octanol–water partition coefficient (Wildman–Crippen LogP) is 0.434. The molecule has 9 nitrogen and oxygen atoms in total. The van der Waals surface area contributed by atoms with E-state index < -0.39 is 34.7 Å². The summed E-state index contributed by atoms with van der Waals surface area (Å²) in [6.45, 7) is 0.856. The van der Waals surface area contributed by atoms with Crippen LogP contribution in [-0.4, -0.2) is 88.1 Å². The van der Waals surface area contributed by atoms with Crippen LogP contribution in [0.1, 0.15) is 18.4 Å². The van der Waals surface area contributed by atoms with Gasteiger partial charge in [0.2, 0.25) is 21.8 Å². The van der Waals surface area contributed by atoms with Crippen molar-refractivity contribution >= 4 is 27.5 Å². The van der Waals surface area contributed by atoms with Gasteiger partial charge in [-0.25, -0.2) is 8.42 Å². The van der Waals surface area contributed by atoms with Crippen molar-refractivity contribution in [2.75, 3.05) is 50.7 Å². The minimum absolute atomic E-state index is 0.0281. The normalized spacial score (nSPS) is 19.2. The van der Waals surface area contributed by atoms with E-state index in [1.54, 1.807) is 17.9 Å². The van der Waals surface area contributed by atoms with Gasteiger partial charge in [0.15, 0.2) is 0 Å². The van der Waals surface area contributed by atoms with Gasteiger partial charge in [0.25, 0.3) is 0 Å². The summed E-state index contributed by atoms with van der Waals surface area (Å²) in [6, 6.07) is 3.32. The van der Waals surface area contributed by atoms with Crippen LogP contribution < -0.4 is 15.4 Å². The van der Waals surface area contributed by atoms with Crippen LogP contribution >= 0.6 is 0 Å². The Morgan fingerprint density at radius 3 is 2.39 bits per heavy atom. The molecular weight excluding hydrogens is 463 g/mol. The number of nitrogens with zero attached hydrogens (tertiary/aromatic N) is 3. The van der Waals surface area contributed by atoms with Gasteiger partial charge < -0.3 is 15.5 Å². The van der Waals surface area contributed by atoms with Crippen LogP contribution in [0.3, 0.4) is 0 Å². The Morgan fingerprint density at radius 1 is 1.18 bits per heavy atom. The predicted molar refractivity (Wildman–Crippen MR) is 115 cm³/mol. The monoisotopic (exact) mass is 491 g/mol. The van der Waals surface area contributed by atoms with Gasteiger partial charge in [-0.2, -0.15) is 17.9 Å². The molecule has 2 saturated heterocycles. The molecule has 2 aliphatic rings. The topological polar surface area (TPSA) is 116 Å². The number of carbonyl (C=O) groups is 2. The highest BCUT2D eigenvalue weighted by Gasteiger charge is 2.35. The van der Waals surface area contributed by atoms with Crippen LogP contribution in [0.4, 0.5) is 18.9 Å². The third kappa shape index (κ3) is 6.02. The fourth-order valence-corrected chi connectivity index (χ4v) is 5.60. The standard InChI is InChI=1S/C20H28F3N5O4S/c1-14-16(28-7-3-6-18(28)29)4-2-5-17(14)33(31,32)25-15(12-24)19(30)27-10-8-26(9-11-27)13-20(21,22)23/h2,4-5,15,25H,3,6-13,24H2,1H3/t15-/m0/s1. The van der Waals surface area contributed by atoms with Crippen LogP contribution in [-0.2, 0) is 19.6 Å². The number of halogens is 3. The molecule has 1 atom stereocenters. The van der Waals surface area contributed by atoms with E-state index in [2.05, 4.69) is 4.72 Å². The molecule has 3 rings (SSSR count). The number of carbonyl (C=O) groups excluding carboxylic acids is 2. The van der Waals surface area contributed by atoms with Crippen LogP contribution in [0, 0.1) is 6.92 Å². The van der Waals surface area contributed by atoms with E-state index in [4.69, 9.17) is 5.73 Å². The molecule has 0 saturated carbocycles. The molecule has 2 heterocycles.